The van der Waals surface area contributed by atoms with Crippen LogP contribution in [0.25, 0.3) is 54.6 Å². The van der Waals surface area contributed by atoms with Crippen LogP contribution >= 0.6 is 7.92 Å². The Morgan fingerprint density at radius 2 is 0.919 bits per heavy atom. The average Bonchev–Trinajstić information content (AvgIpc) is 3.29. The molecule has 0 aromatic heterocycles. The fraction of sp³-hybridized carbons (Fsp3) is 0. The zero-order chi connectivity index (χ0) is 24.3. The third kappa shape index (κ3) is 3.07. The lowest BCUT2D eigenvalue weighted by molar-refractivity contribution is 1.70. The summed E-state index contributed by atoms with van der Waals surface area (Å²) in [6.07, 6.45) is 0. The topological polar surface area (TPSA) is 0 Å². The smallest absolute Gasteiger partial charge is 0.000639 e. The Balaban J connectivity index is 1.59. The summed E-state index contributed by atoms with van der Waals surface area (Å²) >= 11 is 0. The average molecular weight is 487 g/mol. The molecule has 37 heavy (non-hydrogen) atoms. The van der Waals surface area contributed by atoms with Crippen molar-refractivity contribution < 1.29 is 0 Å². The first-order valence-electron chi connectivity index (χ1n) is 12.8. The second-order valence-corrected chi connectivity index (χ2v) is 11.9. The highest BCUT2D eigenvalue weighted by Crippen LogP contribution is 2.50. The van der Waals surface area contributed by atoms with Gasteiger partial charge < -0.3 is 0 Å². The van der Waals surface area contributed by atoms with E-state index in [9.17, 15) is 0 Å². The van der Waals surface area contributed by atoms with Crippen molar-refractivity contribution in [3.63, 3.8) is 0 Å². The molecule has 0 atom stereocenters. The molecule has 8 rings (SSSR count). The molecule has 0 N–H and O–H groups in total. The van der Waals surface area contributed by atoms with E-state index in [2.05, 4.69) is 140 Å². The molecular weight excluding hydrogens is 463 g/mol. The summed E-state index contributed by atoms with van der Waals surface area (Å²) in [5, 5.41) is 12.3. The van der Waals surface area contributed by atoms with Crippen LogP contribution in [0.2, 0.25) is 0 Å². The van der Waals surface area contributed by atoms with E-state index in [0.29, 0.717) is 0 Å². The molecule has 0 heterocycles. The minimum absolute atomic E-state index is 0.769. The Morgan fingerprint density at radius 3 is 1.65 bits per heavy atom. The zero-order valence-electron chi connectivity index (χ0n) is 20.2. The molecule has 7 aromatic carbocycles. The third-order valence-electron chi connectivity index (χ3n) is 7.73. The molecule has 1 aliphatic carbocycles. The Bertz CT molecular complexity index is 1930. The number of fused-ring (bicyclic) bond motifs is 6. The maximum atomic E-state index is 2.50. The zero-order valence-corrected chi connectivity index (χ0v) is 21.1. The van der Waals surface area contributed by atoms with Gasteiger partial charge in [-0.05, 0) is 85.2 Å². The quantitative estimate of drug-likeness (QED) is 0.133. The van der Waals surface area contributed by atoms with Crippen molar-refractivity contribution >= 4 is 56.2 Å². The van der Waals surface area contributed by atoms with Crippen molar-refractivity contribution in [1.82, 2.24) is 0 Å². The van der Waals surface area contributed by atoms with Crippen LogP contribution in [0.15, 0.2) is 140 Å². The number of hydrogen-bond donors (Lipinski definition) is 0. The Hall–Kier alpha value is -4.25. The highest BCUT2D eigenvalue weighted by Gasteiger charge is 2.26. The van der Waals surface area contributed by atoms with Gasteiger partial charge in [0.05, 0.1) is 0 Å². The lowest BCUT2D eigenvalue weighted by atomic mass is 9.94. The number of rotatable bonds is 3. The molecule has 7 aromatic rings. The van der Waals surface area contributed by atoms with Gasteiger partial charge in [0, 0.05) is 5.30 Å². The fourth-order valence-corrected chi connectivity index (χ4v) is 8.81. The summed E-state index contributed by atoms with van der Waals surface area (Å²) in [7, 11) is -0.769. The second kappa shape index (κ2) is 8.13. The summed E-state index contributed by atoms with van der Waals surface area (Å²) in [6.45, 7) is 0. The minimum atomic E-state index is -0.769. The van der Waals surface area contributed by atoms with Gasteiger partial charge in [-0.3, -0.25) is 0 Å². The molecule has 0 radical (unpaired) electrons. The first-order valence-corrected chi connectivity index (χ1v) is 14.1. The van der Waals surface area contributed by atoms with Crippen LogP contribution in [-0.4, -0.2) is 0 Å². The molecule has 1 heteroatoms. The Kier molecular flexibility index (Phi) is 4.59. The molecule has 0 nitrogen and oxygen atoms in total. The van der Waals surface area contributed by atoms with E-state index in [1.165, 1.54) is 70.5 Å². The van der Waals surface area contributed by atoms with Gasteiger partial charge in [0.15, 0.2) is 0 Å². The summed E-state index contributed by atoms with van der Waals surface area (Å²) in [5.41, 5.74) is 5.41. The van der Waals surface area contributed by atoms with E-state index in [4.69, 9.17) is 0 Å². The van der Waals surface area contributed by atoms with Crippen molar-refractivity contribution in [2.45, 2.75) is 0 Å². The van der Waals surface area contributed by atoms with Gasteiger partial charge in [0.1, 0.15) is 0 Å². The lowest BCUT2D eigenvalue weighted by Crippen LogP contribution is -2.22. The minimum Gasteiger partial charge on any atom is -0.0622 e. The molecule has 0 saturated carbocycles. The van der Waals surface area contributed by atoms with Crippen LogP contribution in [0, 0.1) is 0 Å². The highest BCUT2D eigenvalue weighted by atomic mass is 31.1. The van der Waals surface area contributed by atoms with E-state index >= 15 is 0 Å². The molecule has 1 aliphatic rings. The van der Waals surface area contributed by atoms with Crippen LogP contribution in [0.1, 0.15) is 0 Å². The molecule has 0 saturated heterocycles. The van der Waals surface area contributed by atoms with Crippen molar-refractivity contribution in [2.24, 2.45) is 0 Å². The standard InChI is InChI=1S/C36H23P/c1-3-13-25(14-4-1)37(26-15-5-2-6-16-26)36-27-17-8-7-12-24(27)22-32-31-21-11-20-30-28-18-9-10-19-29(28)33(35(30)31)23-34(32)36/h1-23H. The molecule has 172 valence electrons. The summed E-state index contributed by atoms with van der Waals surface area (Å²) < 4.78 is 0. The largest absolute Gasteiger partial charge is 0.0622 e. The molecule has 0 aliphatic heterocycles. The number of benzene rings is 7. The van der Waals surface area contributed by atoms with Gasteiger partial charge >= 0.3 is 0 Å². The molecule has 0 spiro atoms. The van der Waals surface area contributed by atoms with Gasteiger partial charge in [-0.2, -0.15) is 0 Å². The van der Waals surface area contributed by atoms with Gasteiger partial charge in [-0.1, -0.05) is 127 Å². The Morgan fingerprint density at radius 1 is 0.351 bits per heavy atom. The SMILES string of the molecule is c1ccc(P(c2ccccc2)c2c3ccccc3cc3c2cc2c4c(cccc43)-c3ccccc3-2)cc1. The monoisotopic (exact) mass is 486 g/mol. The highest BCUT2D eigenvalue weighted by molar-refractivity contribution is 7.80. The van der Waals surface area contributed by atoms with E-state index in [-0.39, 0.29) is 0 Å². The van der Waals surface area contributed by atoms with E-state index < -0.39 is 7.92 Å². The van der Waals surface area contributed by atoms with Crippen LogP contribution in [0.4, 0.5) is 0 Å². The normalized spacial score (nSPS) is 12.0. The van der Waals surface area contributed by atoms with Crippen molar-refractivity contribution in [3.8, 4) is 22.3 Å². The Labute approximate surface area is 217 Å². The van der Waals surface area contributed by atoms with Gasteiger partial charge in [-0.25, -0.2) is 0 Å². The summed E-state index contributed by atoms with van der Waals surface area (Å²) in [4.78, 5) is 0. The molecular formula is C36H23P. The van der Waals surface area contributed by atoms with Crippen LogP contribution in [0.3, 0.4) is 0 Å². The van der Waals surface area contributed by atoms with Crippen LogP contribution < -0.4 is 15.9 Å². The first kappa shape index (κ1) is 20.9. The van der Waals surface area contributed by atoms with E-state index in [0.717, 1.165) is 0 Å². The summed E-state index contributed by atoms with van der Waals surface area (Å²) in [6, 6.07) is 51.8. The molecule has 0 unspecified atom stereocenters. The predicted molar refractivity (Wildman–Crippen MR) is 162 cm³/mol. The molecule has 0 bridgehead atoms. The maximum Gasteiger partial charge on any atom is 0.000639 e. The predicted octanol–water partition coefficient (Wildman–Crippen LogP) is 8.55. The molecule has 0 fully saturated rings. The van der Waals surface area contributed by atoms with Gasteiger partial charge in [-0.15, -0.1) is 0 Å². The van der Waals surface area contributed by atoms with Crippen molar-refractivity contribution in [3.05, 3.63) is 140 Å². The maximum absolute atomic E-state index is 2.50. The van der Waals surface area contributed by atoms with E-state index in [1.807, 2.05) is 0 Å². The lowest BCUT2D eigenvalue weighted by Gasteiger charge is -2.24. The number of hydrogen-bond acceptors (Lipinski definition) is 0. The first-order chi connectivity index (χ1) is 18.4. The van der Waals surface area contributed by atoms with Crippen LogP contribution in [0.5, 0.6) is 0 Å². The fourth-order valence-electron chi connectivity index (χ4n) is 6.19. The third-order valence-corrected chi connectivity index (χ3v) is 10.3. The molecule has 0 amide bonds. The second-order valence-electron chi connectivity index (χ2n) is 9.75. The van der Waals surface area contributed by atoms with Crippen LogP contribution in [-0.2, 0) is 0 Å². The summed E-state index contributed by atoms with van der Waals surface area (Å²) in [5.74, 6) is 0. The van der Waals surface area contributed by atoms with Gasteiger partial charge in [0.25, 0.3) is 0 Å². The van der Waals surface area contributed by atoms with Crippen molar-refractivity contribution in [1.29, 1.82) is 0 Å². The van der Waals surface area contributed by atoms with E-state index in [1.54, 1.807) is 0 Å². The van der Waals surface area contributed by atoms with Crippen molar-refractivity contribution in [2.75, 3.05) is 0 Å². The van der Waals surface area contributed by atoms with Gasteiger partial charge in [0.2, 0.25) is 0 Å².